The lowest BCUT2D eigenvalue weighted by atomic mass is 10.2. The van der Waals surface area contributed by atoms with Crippen LogP contribution in [0.15, 0.2) is 79.6 Å². The molecule has 1 aromatic heterocycles. The third-order valence-electron chi connectivity index (χ3n) is 5.91. The predicted octanol–water partition coefficient (Wildman–Crippen LogP) is 7.22. The van der Waals surface area contributed by atoms with Crippen LogP contribution in [-0.2, 0) is 11.4 Å². The van der Waals surface area contributed by atoms with Gasteiger partial charge < -0.3 is 20.3 Å². The summed E-state index contributed by atoms with van der Waals surface area (Å²) >= 11 is 6.38. The van der Waals surface area contributed by atoms with E-state index in [0.29, 0.717) is 39.0 Å². The van der Waals surface area contributed by atoms with E-state index in [2.05, 4.69) is 52.9 Å². The van der Waals surface area contributed by atoms with Crippen LogP contribution >= 0.6 is 11.6 Å². The fraction of sp³-hybridized carbons (Fsp3) is 0.233. The predicted molar refractivity (Wildman–Crippen MR) is 157 cm³/mol. The van der Waals surface area contributed by atoms with Crippen LogP contribution in [0.4, 0.5) is 21.6 Å². The van der Waals surface area contributed by atoms with Crippen molar-refractivity contribution in [3.8, 4) is 5.75 Å². The van der Waals surface area contributed by atoms with Crippen LogP contribution in [0.2, 0.25) is 5.02 Å². The second kappa shape index (κ2) is 14.8. The van der Waals surface area contributed by atoms with E-state index >= 15 is 0 Å². The standard InChI is InChI=1S/C24H18ClFN4O2.C6H15N/c1-2-23(31)29-17-6-8-21-19(11-17)24(28-14-27-21)30-18-7-9-22(20(25)12-18)32-13-15-4-3-5-16(26)10-15;1-4-7(5-2)6-3/h2-12,14H,1,13H2,(H,29,31)(H,27,28,30);4-6H2,1-3H3. The van der Waals surface area contributed by atoms with Crippen molar-refractivity contribution in [1.29, 1.82) is 0 Å². The first kappa shape index (κ1) is 29.5. The number of carbonyl (C=O) groups is 1. The van der Waals surface area contributed by atoms with Gasteiger partial charge in [0.1, 0.15) is 30.3 Å². The second-order valence-corrected chi connectivity index (χ2v) is 8.86. The highest BCUT2D eigenvalue weighted by molar-refractivity contribution is 6.32. The highest BCUT2D eigenvalue weighted by Crippen LogP contribution is 2.31. The van der Waals surface area contributed by atoms with Crippen molar-refractivity contribution in [3.63, 3.8) is 0 Å². The van der Waals surface area contributed by atoms with E-state index < -0.39 is 0 Å². The largest absolute Gasteiger partial charge is 0.487 e. The number of carbonyl (C=O) groups excluding carboxylic acids is 1. The quantitative estimate of drug-likeness (QED) is 0.203. The van der Waals surface area contributed by atoms with Crippen LogP contribution < -0.4 is 15.4 Å². The Morgan fingerprint density at radius 3 is 2.41 bits per heavy atom. The average Bonchev–Trinajstić information content (AvgIpc) is 2.94. The molecule has 0 bridgehead atoms. The molecule has 0 saturated carbocycles. The Morgan fingerprint density at radius 2 is 1.77 bits per heavy atom. The molecule has 0 radical (unpaired) electrons. The summed E-state index contributed by atoms with van der Waals surface area (Å²) in [5.41, 5.74) is 2.70. The number of rotatable bonds is 10. The molecular weight excluding hydrogens is 517 g/mol. The second-order valence-electron chi connectivity index (χ2n) is 8.46. The maximum Gasteiger partial charge on any atom is 0.247 e. The van der Waals surface area contributed by atoms with Crippen LogP contribution in [0.3, 0.4) is 0 Å². The van der Waals surface area contributed by atoms with Crippen LogP contribution in [0.25, 0.3) is 10.9 Å². The number of hydrogen-bond donors (Lipinski definition) is 2. The van der Waals surface area contributed by atoms with Gasteiger partial charge in [0.2, 0.25) is 5.91 Å². The Kier molecular flexibility index (Phi) is 11.2. The molecule has 4 rings (SSSR count). The molecule has 0 spiro atoms. The first-order chi connectivity index (χ1) is 18.9. The van der Waals surface area contributed by atoms with E-state index in [1.165, 1.54) is 44.2 Å². The van der Waals surface area contributed by atoms with Crippen molar-refractivity contribution in [1.82, 2.24) is 14.9 Å². The van der Waals surface area contributed by atoms with Crippen molar-refractivity contribution < 1.29 is 13.9 Å². The zero-order chi connectivity index (χ0) is 28.2. The van der Waals surface area contributed by atoms with Gasteiger partial charge in [0.05, 0.1) is 10.5 Å². The summed E-state index contributed by atoms with van der Waals surface area (Å²) in [7, 11) is 0. The fourth-order valence-electron chi connectivity index (χ4n) is 3.72. The molecule has 204 valence electrons. The van der Waals surface area contributed by atoms with Gasteiger partial charge in [-0.25, -0.2) is 14.4 Å². The molecule has 0 fully saturated rings. The Labute approximate surface area is 233 Å². The monoisotopic (exact) mass is 549 g/mol. The molecule has 9 heteroatoms. The number of aromatic nitrogens is 2. The van der Waals surface area contributed by atoms with Gasteiger partial charge in [0, 0.05) is 16.8 Å². The van der Waals surface area contributed by atoms with Gasteiger partial charge in [-0.05, 0) is 79.8 Å². The first-order valence-electron chi connectivity index (χ1n) is 12.7. The van der Waals surface area contributed by atoms with Crippen LogP contribution in [-0.4, -0.2) is 40.4 Å². The van der Waals surface area contributed by atoms with Gasteiger partial charge in [-0.15, -0.1) is 0 Å². The summed E-state index contributed by atoms with van der Waals surface area (Å²) in [4.78, 5) is 22.5. The van der Waals surface area contributed by atoms with Crippen LogP contribution in [0.1, 0.15) is 26.3 Å². The number of halogens is 2. The Bertz CT molecular complexity index is 1410. The summed E-state index contributed by atoms with van der Waals surface area (Å²) in [6.45, 7) is 13.8. The van der Waals surface area contributed by atoms with E-state index in [-0.39, 0.29) is 18.3 Å². The fourth-order valence-corrected chi connectivity index (χ4v) is 3.95. The molecular formula is C30H33ClFN5O2. The number of anilines is 3. The normalized spacial score (nSPS) is 10.5. The lowest BCUT2D eigenvalue weighted by Crippen LogP contribution is -2.21. The molecule has 7 nitrogen and oxygen atoms in total. The molecule has 0 saturated heterocycles. The van der Waals surface area contributed by atoms with Gasteiger partial charge >= 0.3 is 0 Å². The minimum Gasteiger partial charge on any atom is -0.487 e. The minimum absolute atomic E-state index is 0.194. The maximum atomic E-state index is 13.3. The van der Waals surface area contributed by atoms with Crippen molar-refractivity contribution in [2.45, 2.75) is 27.4 Å². The van der Waals surface area contributed by atoms with Gasteiger partial charge in [-0.1, -0.05) is 51.1 Å². The first-order valence-corrected chi connectivity index (χ1v) is 13.1. The third kappa shape index (κ3) is 8.77. The topological polar surface area (TPSA) is 79.4 Å². The van der Waals surface area contributed by atoms with Gasteiger partial charge in [-0.3, -0.25) is 4.79 Å². The van der Waals surface area contributed by atoms with Crippen molar-refractivity contribution in [2.24, 2.45) is 0 Å². The molecule has 0 atom stereocenters. The van der Waals surface area contributed by atoms with Gasteiger partial charge in [0.25, 0.3) is 0 Å². The molecule has 4 aromatic rings. The number of fused-ring (bicyclic) bond motifs is 1. The van der Waals surface area contributed by atoms with Crippen molar-refractivity contribution in [3.05, 3.63) is 96.0 Å². The van der Waals surface area contributed by atoms with Crippen LogP contribution in [0, 0.1) is 5.82 Å². The number of hydrogen-bond acceptors (Lipinski definition) is 6. The summed E-state index contributed by atoms with van der Waals surface area (Å²) in [6, 6.07) is 16.7. The number of amides is 1. The van der Waals surface area contributed by atoms with E-state index in [1.807, 2.05) is 0 Å². The van der Waals surface area contributed by atoms with E-state index in [1.54, 1.807) is 48.5 Å². The van der Waals surface area contributed by atoms with E-state index in [9.17, 15) is 9.18 Å². The molecule has 0 aliphatic carbocycles. The Balaban J connectivity index is 0.000000532. The lowest BCUT2D eigenvalue weighted by molar-refractivity contribution is -0.111. The number of ether oxygens (including phenoxy) is 1. The molecule has 1 heterocycles. The zero-order valence-corrected chi connectivity index (χ0v) is 23.1. The lowest BCUT2D eigenvalue weighted by Gasteiger charge is -2.13. The summed E-state index contributed by atoms with van der Waals surface area (Å²) in [5, 5.41) is 7.05. The molecule has 0 aliphatic heterocycles. The number of nitrogens with one attached hydrogen (secondary N) is 2. The summed E-state index contributed by atoms with van der Waals surface area (Å²) in [6.07, 6.45) is 2.65. The Morgan fingerprint density at radius 1 is 1.03 bits per heavy atom. The highest BCUT2D eigenvalue weighted by Gasteiger charge is 2.09. The summed E-state index contributed by atoms with van der Waals surface area (Å²) < 4.78 is 19.0. The van der Waals surface area contributed by atoms with Crippen LogP contribution in [0.5, 0.6) is 5.75 Å². The van der Waals surface area contributed by atoms with Gasteiger partial charge in [-0.2, -0.15) is 0 Å². The van der Waals surface area contributed by atoms with Crippen molar-refractivity contribution in [2.75, 3.05) is 30.3 Å². The maximum absolute atomic E-state index is 13.3. The number of nitrogens with zero attached hydrogens (tertiary/aromatic N) is 3. The average molecular weight is 550 g/mol. The summed E-state index contributed by atoms with van der Waals surface area (Å²) in [5.74, 6) is 0.398. The third-order valence-corrected chi connectivity index (χ3v) is 6.20. The Hall–Kier alpha value is -4.01. The molecule has 0 unspecified atom stereocenters. The van der Waals surface area contributed by atoms with E-state index in [0.717, 1.165) is 5.39 Å². The molecule has 1 amide bonds. The smallest absolute Gasteiger partial charge is 0.247 e. The van der Waals surface area contributed by atoms with Gasteiger partial charge in [0.15, 0.2) is 0 Å². The zero-order valence-electron chi connectivity index (χ0n) is 22.4. The highest BCUT2D eigenvalue weighted by atomic mass is 35.5. The van der Waals surface area contributed by atoms with E-state index in [4.69, 9.17) is 16.3 Å². The minimum atomic E-state index is -0.318. The SMILES string of the molecule is C=CC(=O)Nc1ccc2ncnc(Nc3ccc(OCc4cccc(F)c4)c(Cl)c3)c2c1.CCN(CC)CC. The van der Waals surface area contributed by atoms with Crippen molar-refractivity contribution >= 4 is 45.6 Å². The molecule has 2 N–H and O–H groups in total. The molecule has 0 aliphatic rings. The number of benzene rings is 3. The molecule has 39 heavy (non-hydrogen) atoms. The molecule has 3 aromatic carbocycles.